The standard InChI is InChI=1S/C15H19ClN4O.ClH/c1-9-7-10(5-6-17-9)14(21)19-15-18-12-8-11(16)3-4-13(12)20(15)2;/h3-4,8-10,17H,5-7H2,1-2H3,(H,18,19,21);1H/t9-,10-;/m0./s1. The average molecular weight is 343 g/mol. The van der Waals surface area contributed by atoms with E-state index < -0.39 is 0 Å². The van der Waals surface area contributed by atoms with E-state index in [-0.39, 0.29) is 24.2 Å². The molecular weight excluding hydrogens is 323 g/mol. The van der Waals surface area contributed by atoms with Crippen LogP contribution in [0.4, 0.5) is 5.95 Å². The van der Waals surface area contributed by atoms with Gasteiger partial charge in [0.1, 0.15) is 0 Å². The van der Waals surface area contributed by atoms with E-state index in [9.17, 15) is 4.79 Å². The maximum absolute atomic E-state index is 12.4. The molecule has 3 rings (SSSR count). The second-order valence-electron chi connectivity index (χ2n) is 5.69. The first kappa shape index (κ1) is 17.1. The van der Waals surface area contributed by atoms with E-state index in [4.69, 9.17) is 11.6 Å². The largest absolute Gasteiger partial charge is 0.314 e. The fraction of sp³-hybridized carbons (Fsp3) is 0.467. The van der Waals surface area contributed by atoms with Crippen LogP contribution >= 0.6 is 24.0 Å². The maximum Gasteiger partial charge on any atom is 0.229 e. The third-order valence-electron chi connectivity index (χ3n) is 4.07. The summed E-state index contributed by atoms with van der Waals surface area (Å²) in [5, 5.41) is 6.95. The van der Waals surface area contributed by atoms with E-state index in [1.807, 2.05) is 23.7 Å². The molecule has 0 aliphatic carbocycles. The predicted molar refractivity (Wildman–Crippen MR) is 91.8 cm³/mol. The molecule has 0 unspecified atom stereocenters. The number of hydrogen-bond acceptors (Lipinski definition) is 3. The molecule has 0 saturated carbocycles. The van der Waals surface area contributed by atoms with Crippen LogP contribution in [-0.4, -0.2) is 28.0 Å². The zero-order valence-electron chi connectivity index (χ0n) is 12.6. The third-order valence-corrected chi connectivity index (χ3v) is 4.31. The first-order valence-electron chi connectivity index (χ1n) is 7.21. The molecule has 0 bridgehead atoms. The summed E-state index contributed by atoms with van der Waals surface area (Å²) < 4.78 is 1.88. The molecule has 1 saturated heterocycles. The Morgan fingerprint density at radius 2 is 2.27 bits per heavy atom. The number of rotatable bonds is 2. The molecule has 2 N–H and O–H groups in total. The number of benzene rings is 1. The summed E-state index contributed by atoms with van der Waals surface area (Å²) in [6.45, 7) is 2.99. The van der Waals surface area contributed by atoms with Gasteiger partial charge in [-0.05, 0) is 44.5 Å². The molecule has 22 heavy (non-hydrogen) atoms. The quantitative estimate of drug-likeness (QED) is 0.881. The van der Waals surface area contributed by atoms with Crippen LogP contribution in [0.1, 0.15) is 19.8 Å². The summed E-state index contributed by atoms with van der Waals surface area (Å²) in [6, 6.07) is 5.92. The molecule has 120 valence electrons. The van der Waals surface area contributed by atoms with Crippen molar-refractivity contribution in [3.63, 3.8) is 0 Å². The van der Waals surface area contributed by atoms with Crippen LogP contribution in [0.25, 0.3) is 11.0 Å². The van der Waals surface area contributed by atoms with E-state index in [0.29, 0.717) is 17.0 Å². The van der Waals surface area contributed by atoms with Gasteiger partial charge in [0.15, 0.2) is 0 Å². The van der Waals surface area contributed by atoms with Crippen LogP contribution < -0.4 is 10.6 Å². The Morgan fingerprint density at radius 3 is 3.00 bits per heavy atom. The van der Waals surface area contributed by atoms with E-state index in [2.05, 4.69) is 22.5 Å². The van der Waals surface area contributed by atoms with E-state index in [1.165, 1.54) is 0 Å². The number of carbonyl (C=O) groups is 1. The number of nitrogens with one attached hydrogen (secondary N) is 2. The molecule has 1 fully saturated rings. The number of fused-ring (bicyclic) bond motifs is 1. The van der Waals surface area contributed by atoms with Gasteiger partial charge < -0.3 is 9.88 Å². The van der Waals surface area contributed by atoms with E-state index in [1.54, 1.807) is 6.07 Å². The highest BCUT2D eigenvalue weighted by molar-refractivity contribution is 6.31. The van der Waals surface area contributed by atoms with Crippen molar-refractivity contribution in [3.8, 4) is 0 Å². The number of imidazole rings is 1. The average Bonchev–Trinajstić information content (AvgIpc) is 2.74. The summed E-state index contributed by atoms with van der Waals surface area (Å²) in [4.78, 5) is 16.8. The molecule has 2 atom stereocenters. The monoisotopic (exact) mass is 342 g/mol. The van der Waals surface area contributed by atoms with Gasteiger partial charge in [-0.15, -0.1) is 12.4 Å². The van der Waals surface area contributed by atoms with Crippen molar-refractivity contribution in [2.45, 2.75) is 25.8 Å². The van der Waals surface area contributed by atoms with Gasteiger partial charge in [0.25, 0.3) is 0 Å². The van der Waals surface area contributed by atoms with Gasteiger partial charge in [-0.1, -0.05) is 11.6 Å². The summed E-state index contributed by atoms with van der Waals surface area (Å²) in [5.74, 6) is 0.668. The second kappa shape index (κ2) is 6.86. The van der Waals surface area contributed by atoms with Gasteiger partial charge in [0.2, 0.25) is 11.9 Å². The van der Waals surface area contributed by atoms with Crippen molar-refractivity contribution in [2.75, 3.05) is 11.9 Å². The van der Waals surface area contributed by atoms with Crippen molar-refractivity contribution in [3.05, 3.63) is 23.2 Å². The first-order chi connectivity index (χ1) is 10.0. The van der Waals surface area contributed by atoms with Crippen molar-refractivity contribution in [2.24, 2.45) is 13.0 Å². The lowest BCUT2D eigenvalue weighted by molar-refractivity contribution is -0.120. The lowest BCUT2D eigenvalue weighted by Gasteiger charge is -2.26. The Kier molecular flexibility index (Phi) is 5.32. The number of halogens is 2. The molecule has 1 aliphatic heterocycles. The lowest BCUT2D eigenvalue weighted by atomic mass is 9.92. The minimum atomic E-state index is 0. The number of aromatic nitrogens is 2. The molecule has 2 heterocycles. The zero-order valence-corrected chi connectivity index (χ0v) is 14.2. The van der Waals surface area contributed by atoms with Crippen LogP contribution in [0.5, 0.6) is 0 Å². The summed E-state index contributed by atoms with van der Waals surface area (Å²) in [7, 11) is 1.89. The first-order valence-corrected chi connectivity index (χ1v) is 7.58. The van der Waals surface area contributed by atoms with Gasteiger partial charge in [0, 0.05) is 24.0 Å². The normalized spacial score (nSPS) is 21.4. The summed E-state index contributed by atoms with van der Waals surface area (Å²) in [5.41, 5.74) is 1.74. The van der Waals surface area contributed by atoms with Crippen LogP contribution in [0.15, 0.2) is 18.2 Å². The third kappa shape index (κ3) is 3.37. The van der Waals surface area contributed by atoms with Gasteiger partial charge >= 0.3 is 0 Å². The van der Waals surface area contributed by atoms with Gasteiger partial charge in [-0.3, -0.25) is 10.1 Å². The lowest BCUT2D eigenvalue weighted by Crippen LogP contribution is -2.40. The number of anilines is 1. The van der Waals surface area contributed by atoms with Crippen molar-refractivity contribution in [1.82, 2.24) is 14.9 Å². The fourth-order valence-electron chi connectivity index (χ4n) is 2.87. The van der Waals surface area contributed by atoms with Crippen LogP contribution in [0.2, 0.25) is 5.02 Å². The molecule has 1 aromatic heterocycles. The van der Waals surface area contributed by atoms with Gasteiger partial charge in [0.05, 0.1) is 11.0 Å². The maximum atomic E-state index is 12.4. The molecule has 1 amide bonds. The molecule has 1 aliphatic rings. The number of amides is 1. The highest BCUT2D eigenvalue weighted by Crippen LogP contribution is 2.23. The van der Waals surface area contributed by atoms with Gasteiger partial charge in [-0.2, -0.15) is 0 Å². The van der Waals surface area contributed by atoms with Crippen LogP contribution in [0, 0.1) is 5.92 Å². The summed E-state index contributed by atoms with van der Waals surface area (Å²) >= 11 is 5.98. The topological polar surface area (TPSA) is 59.0 Å². The highest BCUT2D eigenvalue weighted by atomic mass is 35.5. The molecule has 5 nitrogen and oxygen atoms in total. The number of hydrogen-bond donors (Lipinski definition) is 2. The number of aryl methyl sites for hydroxylation is 1. The molecule has 0 radical (unpaired) electrons. The number of carbonyl (C=O) groups excluding carboxylic acids is 1. The number of piperidine rings is 1. The SMILES string of the molecule is C[C@H]1C[C@@H](C(=O)Nc2nc3cc(Cl)ccc3n2C)CCN1.Cl. The number of nitrogens with zero attached hydrogens (tertiary/aromatic N) is 2. The van der Waals surface area contributed by atoms with E-state index >= 15 is 0 Å². The van der Waals surface area contributed by atoms with Crippen LogP contribution in [-0.2, 0) is 11.8 Å². The Bertz CT molecular complexity index is 685. The van der Waals surface area contributed by atoms with Crippen molar-refractivity contribution >= 4 is 46.9 Å². The highest BCUT2D eigenvalue weighted by Gasteiger charge is 2.25. The predicted octanol–water partition coefficient (Wildman–Crippen LogP) is 2.98. The Hall–Kier alpha value is -1.30. The van der Waals surface area contributed by atoms with Gasteiger partial charge in [-0.25, -0.2) is 4.98 Å². The van der Waals surface area contributed by atoms with E-state index in [0.717, 1.165) is 30.4 Å². The molecule has 1 aromatic carbocycles. The van der Waals surface area contributed by atoms with Crippen molar-refractivity contribution < 1.29 is 4.79 Å². The zero-order chi connectivity index (χ0) is 15.0. The molecule has 7 heteroatoms. The van der Waals surface area contributed by atoms with Crippen LogP contribution in [0.3, 0.4) is 0 Å². The molecule has 0 spiro atoms. The minimum Gasteiger partial charge on any atom is -0.314 e. The second-order valence-corrected chi connectivity index (χ2v) is 6.13. The van der Waals surface area contributed by atoms with Crippen molar-refractivity contribution in [1.29, 1.82) is 0 Å². The molecule has 2 aromatic rings. The summed E-state index contributed by atoms with van der Waals surface area (Å²) in [6.07, 6.45) is 1.73. The Labute approximate surface area is 140 Å². The minimum absolute atomic E-state index is 0. The smallest absolute Gasteiger partial charge is 0.229 e. The Morgan fingerprint density at radius 1 is 1.50 bits per heavy atom. The Balaban J connectivity index is 0.00000176. The molecular formula is C15H20Cl2N4O. The fourth-order valence-corrected chi connectivity index (χ4v) is 3.03.